The summed E-state index contributed by atoms with van der Waals surface area (Å²) < 4.78 is 43.3. The Morgan fingerprint density at radius 3 is 2.43 bits per heavy atom. The highest BCUT2D eigenvalue weighted by molar-refractivity contribution is 4.80. The quantitative estimate of drug-likeness (QED) is 0.718. The molecular formula is C8H14F3NO2. The molecule has 0 amide bonds. The lowest BCUT2D eigenvalue weighted by Gasteiger charge is -2.16. The van der Waals surface area contributed by atoms with E-state index < -0.39 is 13.0 Å². The largest absolute Gasteiger partial charge is 0.522 e. The van der Waals surface area contributed by atoms with Crippen LogP contribution in [-0.4, -0.2) is 31.7 Å². The predicted molar refractivity (Wildman–Crippen MR) is 43.6 cm³/mol. The van der Waals surface area contributed by atoms with Crippen LogP contribution in [0.1, 0.15) is 19.3 Å². The summed E-state index contributed by atoms with van der Waals surface area (Å²) in [6, 6.07) is -0.0408. The average molecular weight is 213 g/mol. The molecule has 0 aromatic carbocycles. The van der Waals surface area contributed by atoms with Crippen molar-refractivity contribution in [3.63, 3.8) is 0 Å². The first-order valence-corrected chi connectivity index (χ1v) is 4.57. The molecule has 6 heteroatoms. The molecule has 14 heavy (non-hydrogen) atoms. The van der Waals surface area contributed by atoms with Crippen LogP contribution < -0.4 is 5.73 Å². The van der Waals surface area contributed by atoms with E-state index in [1.807, 2.05) is 0 Å². The Hall–Kier alpha value is -0.330. The Kier molecular flexibility index (Phi) is 4.15. The minimum atomic E-state index is -4.57. The molecule has 1 fully saturated rings. The summed E-state index contributed by atoms with van der Waals surface area (Å²) in [6.07, 6.45) is -1.99. The van der Waals surface area contributed by atoms with Crippen molar-refractivity contribution >= 4 is 0 Å². The molecular weight excluding hydrogens is 199 g/mol. The predicted octanol–water partition coefficient (Wildman–Crippen LogP) is 1.42. The summed E-state index contributed by atoms with van der Waals surface area (Å²) in [5, 5.41) is 0. The second-order valence-electron chi connectivity index (χ2n) is 3.30. The highest BCUT2D eigenvalue weighted by atomic mass is 19.4. The normalized spacial score (nSPS) is 28.3. The van der Waals surface area contributed by atoms with Crippen molar-refractivity contribution in [2.75, 3.05) is 13.2 Å². The molecule has 0 saturated heterocycles. The fourth-order valence-electron chi connectivity index (χ4n) is 1.52. The molecule has 0 aromatic rings. The number of alkyl halides is 3. The van der Waals surface area contributed by atoms with Gasteiger partial charge in [0.2, 0.25) is 0 Å². The molecule has 84 valence electrons. The molecule has 1 aliphatic carbocycles. The Balaban J connectivity index is 2.04. The maximum Gasteiger partial charge on any atom is 0.522 e. The number of hydrogen-bond donors (Lipinski definition) is 1. The van der Waals surface area contributed by atoms with Crippen LogP contribution in [-0.2, 0) is 9.47 Å². The summed E-state index contributed by atoms with van der Waals surface area (Å²) in [5.41, 5.74) is 5.66. The van der Waals surface area contributed by atoms with Crippen molar-refractivity contribution in [1.82, 2.24) is 0 Å². The van der Waals surface area contributed by atoms with Crippen molar-refractivity contribution in [2.24, 2.45) is 5.73 Å². The van der Waals surface area contributed by atoms with Gasteiger partial charge in [0.1, 0.15) is 0 Å². The lowest BCUT2D eigenvalue weighted by Crippen LogP contribution is -2.32. The maximum atomic E-state index is 11.5. The van der Waals surface area contributed by atoms with Crippen molar-refractivity contribution in [2.45, 2.75) is 37.8 Å². The molecule has 0 radical (unpaired) electrons. The Bertz CT molecular complexity index is 174. The molecule has 2 N–H and O–H groups in total. The molecule has 2 unspecified atom stereocenters. The van der Waals surface area contributed by atoms with Crippen LogP contribution in [0.5, 0.6) is 0 Å². The second kappa shape index (κ2) is 4.95. The zero-order valence-electron chi connectivity index (χ0n) is 7.72. The SMILES string of the molecule is NC1CCCC1OCCOC(F)(F)F. The van der Waals surface area contributed by atoms with E-state index in [1.54, 1.807) is 0 Å². The molecule has 0 spiro atoms. The first-order chi connectivity index (χ1) is 6.49. The fourth-order valence-corrected chi connectivity index (χ4v) is 1.52. The fraction of sp³-hybridized carbons (Fsp3) is 1.00. The minimum Gasteiger partial charge on any atom is -0.374 e. The molecule has 0 bridgehead atoms. The summed E-state index contributed by atoms with van der Waals surface area (Å²) in [7, 11) is 0. The van der Waals surface area contributed by atoms with Gasteiger partial charge in [-0.05, 0) is 19.3 Å². The molecule has 0 heterocycles. The van der Waals surface area contributed by atoms with Gasteiger partial charge >= 0.3 is 6.36 Å². The van der Waals surface area contributed by atoms with Crippen molar-refractivity contribution < 1.29 is 22.6 Å². The first-order valence-electron chi connectivity index (χ1n) is 4.57. The van der Waals surface area contributed by atoms with E-state index in [2.05, 4.69) is 4.74 Å². The zero-order valence-corrected chi connectivity index (χ0v) is 7.72. The van der Waals surface area contributed by atoms with Gasteiger partial charge in [0, 0.05) is 6.04 Å². The van der Waals surface area contributed by atoms with Gasteiger partial charge in [-0.2, -0.15) is 0 Å². The van der Waals surface area contributed by atoms with Crippen molar-refractivity contribution in [3.05, 3.63) is 0 Å². The number of hydrogen-bond acceptors (Lipinski definition) is 3. The second-order valence-corrected chi connectivity index (χ2v) is 3.30. The molecule has 0 aliphatic heterocycles. The Labute approximate surface area is 80.4 Å². The number of ether oxygens (including phenoxy) is 2. The molecule has 1 aliphatic rings. The van der Waals surface area contributed by atoms with E-state index in [9.17, 15) is 13.2 Å². The highest BCUT2D eigenvalue weighted by Crippen LogP contribution is 2.20. The molecule has 1 saturated carbocycles. The molecule has 0 aromatic heterocycles. The Morgan fingerprint density at radius 2 is 1.93 bits per heavy atom. The summed E-state index contributed by atoms with van der Waals surface area (Å²) in [5.74, 6) is 0. The van der Waals surface area contributed by atoms with Gasteiger partial charge in [-0.25, -0.2) is 0 Å². The molecule has 2 atom stereocenters. The van der Waals surface area contributed by atoms with Crippen molar-refractivity contribution in [1.29, 1.82) is 0 Å². The standard InChI is InChI=1S/C8H14F3NO2/c9-8(10,11)14-5-4-13-7-3-1-2-6(7)12/h6-7H,1-5,12H2. The molecule has 3 nitrogen and oxygen atoms in total. The summed E-state index contributed by atoms with van der Waals surface area (Å²) in [6.45, 7) is -0.523. The van der Waals surface area contributed by atoms with E-state index in [-0.39, 0.29) is 18.8 Å². The monoisotopic (exact) mass is 213 g/mol. The van der Waals surface area contributed by atoms with Gasteiger partial charge in [0.15, 0.2) is 0 Å². The smallest absolute Gasteiger partial charge is 0.374 e. The van der Waals surface area contributed by atoms with Crippen LogP contribution in [0.25, 0.3) is 0 Å². The third-order valence-electron chi connectivity index (χ3n) is 2.18. The first kappa shape index (κ1) is 11.7. The van der Waals surface area contributed by atoms with Gasteiger partial charge in [-0.3, -0.25) is 4.74 Å². The van der Waals surface area contributed by atoms with Gasteiger partial charge < -0.3 is 10.5 Å². The topological polar surface area (TPSA) is 44.5 Å². The average Bonchev–Trinajstić information content (AvgIpc) is 2.44. The summed E-state index contributed by atoms with van der Waals surface area (Å²) in [4.78, 5) is 0. The van der Waals surface area contributed by atoms with Crippen LogP contribution in [0.2, 0.25) is 0 Å². The minimum absolute atomic E-state index is 0.0408. The summed E-state index contributed by atoms with van der Waals surface area (Å²) >= 11 is 0. The van der Waals surface area contributed by atoms with Crippen LogP contribution in [0, 0.1) is 0 Å². The van der Waals surface area contributed by atoms with Gasteiger partial charge in [-0.15, -0.1) is 13.2 Å². The van der Waals surface area contributed by atoms with E-state index in [4.69, 9.17) is 10.5 Å². The maximum absolute atomic E-state index is 11.5. The van der Waals surface area contributed by atoms with E-state index in [1.165, 1.54) is 0 Å². The van der Waals surface area contributed by atoms with Gasteiger partial charge in [0.25, 0.3) is 0 Å². The zero-order chi connectivity index (χ0) is 10.6. The van der Waals surface area contributed by atoms with Crippen LogP contribution >= 0.6 is 0 Å². The van der Waals surface area contributed by atoms with Crippen LogP contribution in [0.3, 0.4) is 0 Å². The van der Waals surface area contributed by atoms with Gasteiger partial charge in [-0.1, -0.05) is 0 Å². The number of halogens is 3. The lowest BCUT2D eigenvalue weighted by atomic mass is 10.2. The Morgan fingerprint density at radius 1 is 1.21 bits per heavy atom. The van der Waals surface area contributed by atoms with E-state index in [0.717, 1.165) is 19.3 Å². The third-order valence-corrected chi connectivity index (χ3v) is 2.18. The van der Waals surface area contributed by atoms with E-state index in [0.29, 0.717) is 0 Å². The number of nitrogens with two attached hydrogens (primary N) is 1. The van der Waals surface area contributed by atoms with E-state index >= 15 is 0 Å². The van der Waals surface area contributed by atoms with Gasteiger partial charge in [0.05, 0.1) is 19.3 Å². The lowest BCUT2D eigenvalue weighted by molar-refractivity contribution is -0.327. The number of rotatable bonds is 4. The van der Waals surface area contributed by atoms with Crippen LogP contribution in [0.15, 0.2) is 0 Å². The molecule has 1 rings (SSSR count). The highest BCUT2D eigenvalue weighted by Gasteiger charge is 2.29. The van der Waals surface area contributed by atoms with Crippen LogP contribution in [0.4, 0.5) is 13.2 Å². The third kappa shape index (κ3) is 4.26. The van der Waals surface area contributed by atoms with Crippen molar-refractivity contribution in [3.8, 4) is 0 Å².